The van der Waals surface area contributed by atoms with E-state index in [4.69, 9.17) is 9.84 Å². The number of carbonyl (C=O) groups is 2. The molecule has 1 rings (SSSR count). The van der Waals surface area contributed by atoms with Crippen LogP contribution in [0.5, 0.6) is 5.75 Å². The lowest BCUT2D eigenvalue weighted by Gasteiger charge is -2.12. The van der Waals surface area contributed by atoms with E-state index in [1.807, 2.05) is 25.1 Å². The Kier molecular flexibility index (Phi) is 5.17. The third-order valence-corrected chi connectivity index (χ3v) is 2.40. The zero-order chi connectivity index (χ0) is 13.5. The highest BCUT2D eigenvalue weighted by atomic mass is 16.5. The lowest BCUT2D eigenvalue weighted by Crippen LogP contribution is -2.42. The summed E-state index contributed by atoms with van der Waals surface area (Å²) in [5.74, 6) is -0.888. The van der Waals surface area contributed by atoms with Crippen LogP contribution in [0.3, 0.4) is 0 Å². The molecule has 18 heavy (non-hydrogen) atoms. The molecule has 1 aromatic carbocycles. The number of ether oxygens (including phenoxy) is 1. The normalized spacial score (nSPS) is 11.7. The molecule has 2 N–H and O–H groups in total. The predicted molar refractivity (Wildman–Crippen MR) is 66.5 cm³/mol. The highest BCUT2D eigenvalue weighted by Gasteiger charge is 2.17. The van der Waals surface area contributed by atoms with Gasteiger partial charge in [-0.1, -0.05) is 19.1 Å². The number of carbonyl (C=O) groups excluding carboxylic acids is 1. The van der Waals surface area contributed by atoms with Crippen LogP contribution in [0.2, 0.25) is 0 Å². The molecule has 0 unspecified atom stereocenters. The van der Waals surface area contributed by atoms with Gasteiger partial charge in [0.15, 0.2) is 6.61 Å². The number of amides is 1. The van der Waals surface area contributed by atoms with Gasteiger partial charge in [-0.3, -0.25) is 4.79 Å². The summed E-state index contributed by atoms with van der Waals surface area (Å²) in [5, 5.41) is 11.2. The molecule has 0 fully saturated rings. The summed E-state index contributed by atoms with van der Waals surface area (Å²) in [7, 11) is 0. The Morgan fingerprint density at radius 3 is 2.72 bits per heavy atom. The molecule has 0 aromatic heterocycles. The van der Waals surface area contributed by atoms with Gasteiger partial charge in [0.2, 0.25) is 0 Å². The average Bonchev–Trinajstić information content (AvgIpc) is 2.33. The van der Waals surface area contributed by atoms with Gasteiger partial charge in [-0.25, -0.2) is 4.79 Å². The van der Waals surface area contributed by atoms with E-state index >= 15 is 0 Å². The van der Waals surface area contributed by atoms with Crippen molar-refractivity contribution in [1.82, 2.24) is 5.32 Å². The number of aryl methyl sites for hydroxylation is 1. The Morgan fingerprint density at radius 1 is 1.44 bits per heavy atom. The molecule has 0 spiro atoms. The van der Waals surface area contributed by atoms with E-state index in [1.165, 1.54) is 0 Å². The van der Waals surface area contributed by atoms with Gasteiger partial charge < -0.3 is 15.2 Å². The van der Waals surface area contributed by atoms with Gasteiger partial charge in [-0.2, -0.15) is 0 Å². The summed E-state index contributed by atoms with van der Waals surface area (Å²) >= 11 is 0. The quantitative estimate of drug-likeness (QED) is 0.800. The first-order valence-electron chi connectivity index (χ1n) is 5.74. The molecule has 1 aromatic rings. The Morgan fingerprint density at radius 2 is 2.17 bits per heavy atom. The molecular formula is C13H17NO4. The van der Waals surface area contributed by atoms with Crippen LogP contribution >= 0.6 is 0 Å². The van der Waals surface area contributed by atoms with E-state index < -0.39 is 17.9 Å². The SMILES string of the molecule is CC[C@H](NC(=O)COc1cccc(C)c1)C(=O)O. The largest absolute Gasteiger partial charge is 0.484 e. The molecule has 0 saturated heterocycles. The number of carboxylic acids is 1. The van der Waals surface area contributed by atoms with Crippen molar-refractivity contribution in [2.45, 2.75) is 26.3 Å². The van der Waals surface area contributed by atoms with Crippen molar-refractivity contribution in [1.29, 1.82) is 0 Å². The monoisotopic (exact) mass is 251 g/mol. The standard InChI is InChI=1S/C13H17NO4/c1-3-11(13(16)17)14-12(15)8-18-10-6-4-5-9(2)7-10/h4-7,11H,3,8H2,1-2H3,(H,14,15)(H,16,17)/t11-/m0/s1. The number of rotatable bonds is 6. The number of benzene rings is 1. The second-order valence-electron chi connectivity index (χ2n) is 3.97. The van der Waals surface area contributed by atoms with Crippen LogP contribution in [-0.2, 0) is 9.59 Å². The van der Waals surface area contributed by atoms with Crippen LogP contribution in [0, 0.1) is 6.92 Å². The molecule has 1 atom stereocenters. The Balaban J connectivity index is 2.44. The van der Waals surface area contributed by atoms with Gasteiger partial charge in [0.25, 0.3) is 5.91 Å². The Bertz CT molecular complexity index is 431. The summed E-state index contributed by atoms with van der Waals surface area (Å²) < 4.78 is 5.27. The second kappa shape index (κ2) is 6.64. The van der Waals surface area contributed by atoms with Crippen LogP contribution in [0.4, 0.5) is 0 Å². The van der Waals surface area contributed by atoms with E-state index in [1.54, 1.807) is 13.0 Å². The molecule has 0 aliphatic heterocycles. The van der Waals surface area contributed by atoms with Gasteiger partial charge in [-0.05, 0) is 31.0 Å². The lowest BCUT2D eigenvalue weighted by molar-refractivity contribution is -0.142. The summed E-state index contributed by atoms with van der Waals surface area (Å²) in [6.45, 7) is 3.43. The molecule has 0 aliphatic carbocycles. The molecule has 0 saturated carbocycles. The first kappa shape index (κ1) is 14.0. The summed E-state index contributed by atoms with van der Waals surface area (Å²) in [4.78, 5) is 22.2. The van der Waals surface area contributed by atoms with Crippen LogP contribution in [-0.4, -0.2) is 29.6 Å². The van der Waals surface area contributed by atoms with Crippen molar-refractivity contribution >= 4 is 11.9 Å². The first-order chi connectivity index (χ1) is 8.52. The number of carboxylic acid groups (broad SMARTS) is 1. The van der Waals surface area contributed by atoms with Gasteiger partial charge >= 0.3 is 5.97 Å². The molecule has 98 valence electrons. The number of hydrogen-bond donors (Lipinski definition) is 2. The summed E-state index contributed by atoms with van der Waals surface area (Å²) in [6.07, 6.45) is 0.339. The smallest absolute Gasteiger partial charge is 0.326 e. The van der Waals surface area contributed by atoms with E-state index in [0.717, 1.165) is 5.56 Å². The molecule has 5 heteroatoms. The molecular weight excluding hydrogens is 234 g/mol. The van der Waals surface area contributed by atoms with Crippen molar-refractivity contribution in [2.75, 3.05) is 6.61 Å². The van der Waals surface area contributed by atoms with Crippen LogP contribution in [0.15, 0.2) is 24.3 Å². The molecule has 0 aliphatic rings. The van der Waals surface area contributed by atoms with E-state index in [2.05, 4.69) is 5.32 Å². The average molecular weight is 251 g/mol. The fourth-order valence-corrected chi connectivity index (χ4v) is 1.43. The molecule has 0 bridgehead atoms. The summed E-state index contributed by atoms with van der Waals surface area (Å²) in [5.41, 5.74) is 1.03. The minimum atomic E-state index is -1.04. The maximum absolute atomic E-state index is 11.5. The zero-order valence-electron chi connectivity index (χ0n) is 10.5. The van der Waals surface area contributed by atoms with E-state index in [9.17, 15) is 9.59 Å². The number of aliphatic carboxylic acids is 1. The molecule has 0 heterocycles. The maximum Gasteiger partial charge on any atom is 0.326 e. The van der Waals surface area contributed by atoms with Crippen molar-refractivity contribution in [3.8, 4) is 5.75 Å². The third kappa shape index (κ3) is 4.45. The van der Waals surface area contributed by atoms with Crippen LogP contribution < -0.4 is 10.1 Å². The van der Waals surface area contributed by atoms with Crippen molar-refractivity contribution in [2.24, 2.45) is 0 Å². The van der Waals surface area contributed by atoms with Crippen molar-refractivity contribution < 1.29 is 19.4 Å². The lowest BCUT2D eigenvalue weighted by atomic mass is 10.2. The zero-order valence-corrected chi connectivity index (χ0v) is 10.5. The minimum Gasteiger partial charge on any atom is -0.484 e. The van der Waals surface area contributed by atoms with E-state index in [0.29, 0.717) is 12.2 Å². The van der Waals surface area contributed by atoms with Gasteiger partial charge in [0, 0.05) is 0 Å². The van der Waals surface area contributed by atoms with Crippen molar-refractivity contribution in [3.63, 3.8) is 0 Å². The topological polar surface area (TPSA) is 75.6 Å². The Labute approximate surface area is 106 Å². The van der Waals surface area contributed by atoms with Crippen LogP contribution in [0.1, 0.15) is 18.9 Å². The minimum absolute atomic E-state index is 0.187. The fourth-order valence-electron chi connectivity index (χ4n) is 1.43. The predicted octanol–water partition coefficient (Wildman–Crippen LogP) is 1.35. The second-order valence-corrected chi connectivity index (χ2v) is 3.97. The van der Waals surface area contributed by atoms with Crippen molar-refractivity contribution in [3.05, 3.63) is 29.8 Å². The number of nitrogens with one attached hydrogen (secondary N) is 1. The fraction of sp³-hybridized carbons (Fsp3) is 0.385. The molecule has 5 nitrogen and oxygen atoms in total. The highest BCUT2D eigenvalue weighted by molar-refractivity contribution is 5.84. The van der Waals surface area contributed by atoms with Gasteiger partial charge in [-0.15, -0.1) is 0 Å². The number of hydrogen-bond acceptors (Lipinski definition) is 3. The summed E-state index contributed by atoms with van der Waals surface area (Å²) in [6, 6.07) is 6.44. The van der Waals surface area contributed by atoms with E-state index in [-0.39, 0.29) is 6.61 Å². The third-order valence-electron chi connectivity index (χ3n) is 2.40. The first-order valence-corrected chi connectivity index (χ1v) is 5.74. The molecule has 1 amide bonds. The van der Waals surface area contributed by atoms with Gasteiger partial charge in [0.05, 0.1) is 0 Å². The van der Waals surface area contributed by atoms with Crippen LogP contribution in [0.25, 0.3) is 0 Å². The highest BCUT2D eigenvalue weighted by Crippen LogP contribution is 2.11. The molecule has 0 radical (unpaired) electrons. The Hall–Kier alpha value is -2.04. The van der Waals surface area contributed by atoms with Gasteiger partial charge in [0.1, 0.15) is 11.8 Å². The maximum atomic E-state index is 11.5.